The first-order valence-electron chi connectivity index (χ1n) is 5.01. The zero-order valence-electron chi connectivity index (χ0n) is 8.30. The Labute approximate surface area is 81.6 Å². The summed E-state index contributed by atoms with van der Waals surface area (Å²) in [6.07, 6.45) is 5.16. The molecule has 14 heavy (non-hydrogen) atoms. The van der Waals surface area contributed by atoms with Crippen LogP contribution in [-0.4, -0.2) is 9.55 Å². The lowest BCUT2D eigenvalue weighted by Gasteiger charge is -2.09. The standard InChI is InChI=1S/C10H14N2O2/c1-12-8-6-4-2-3-5-7(8)11-9(13)10(12)14/h2-6H2,1H3,(H,11,13). The molecule has 0 radical (unpaired) electrons. The molecule has 76 valence electrons. The van der Waals surface area contributed by atoms with E-state index in [4.69, 9.17) is 0 Å². The van der Waals surface area contributed by atoms with Crippen LogP contribution >= 0.6 is 0 Å². The summed E-state index contributed by atoms with van der Waals surface area (Å²) in [5.74, 6) is 0. The van der Waals surface area contributed by atoms with E-state index >= 15 is 0 Å². The van der Waals surface area contributed by atoms with Crippen LogP contribution in [0.1, 0.15) is 30.7 Å². The second kappa shape index (κ2) is 3.44. The quantitative estimate of drug-likeness (QED) is 0.478. The minimum atomic E-state index is -0.492. The molecule has 0 saturated heterocycles. The Bertz CT molecular complexity index is 456. The van der Waals surface area contributed by atoms with E-state index in [9.17, 15) is 9.59 Å². The Morgan fingerprint density at radius 1 is 1.14 bits per heavy atom. The fourth-order valence-corrected chi connectivity index (χ4v) is 2.04. The normalized spacial score (nSPS) is 16.1. The van der Waals surface area contributed by atoms with Crippen molar-refractivity contribution < 1.29 is 0 Å². The first kappa shape index (κ1) is 9.24. The minimum absolute atomic E-state index is 0.439. The SMILES string of the molecule is Cn1c2c([nH]c(=O)c1=O)CCCCC2. The average Bonchev–Trinajstić information content (AvgIpc) is 2.39. The second-order valence-electron chi connectivity index (χ2n) is 3.80. The van der Waals surface area contributed by atoms with Crippen molar-refractivity contribution in [1.82, 2.24) is 9.55 Å². The average molecular weight is 194 g/mol. The van der Waals surface area contributed by atoms with E-state index in [0.29, 0.717) is 0 Å². The van der Waals surface area contributed by atoms with Gasteiger partial charge in [0.25, 0.3) is 0 Å². The minimum Gasteiger partial charge on any atom is -0.320 e. The molecule has 1 N–H and O–H groups in total. The Hall–Kier alpha value is -1.32. The predicted molar refractivity (Wildman–Crippen MR) is 53.6 cm³/mol. The molecule has 1 aromatic heterocycles. The molecule has 0 spiro atoms. The van der Waals surface area contributed by atoms with Crippen molar-refractivity contribution in [3.05, 3.63) is 32.1 Å². The largest absolute Gasteiger partial charge is 0.320 e. The molecule has 0 aromatic carbocycles. The molecule has 0 aliphatic heterocycles. The molecule has 1 aliphatic carbocycles. The molecular formula is C10H14N2O2. The second-order valence-corrected chi connectivity index (χ2v) is 3.80. The number of H-pyrrole nitrogens is 1. The van der Waals surface area contributed by atoms with Crippen LogP contribution in [0.4, 0.5) is 0 Å². The lowest BCUT2D eigenvalue weighted by Crippen LogP contribution is -2.37. The zero-order valence-corrected chi connectivity index (χ0v) is 8.30. The van der Waals surface area contributed by atoms with Gasteiger partial charge in [-0.3, -0.25) is 9.59 Å². The van der Waals surface area contributed by atoms with Crippen LogP contribution < -0.4 is 11.1 Å². The fraction of sp³-hybridized carbons (Fsp3) is 0.600. The van der Waals surface area contributed by atoms with E-state index in [2.05, 4.69) is 4.98 Å². The summed E-state index contributed by atoms with van der Waals surface area (Å²) in [6.45, 7) is 0. The van der Waals surface area contributed by atoms with Gasteiger partial charge in [-0.05, 0) is 25.7 Å². The Balaban J connectivity index is 2.67. The van der Waals surface area contributed by atoms with Gasteiger partial charge in [0.2, 0.25) is 0 Å². The van der Waals surface area contributed by atoms with E-state index in [0.717, 1.165) is 37.1 Å². The first-order valence-corrected chi connectivity index (χ1v) is 5.01. The third kappa shape index (κ3) is 1.41. The highest BCUT2D eigenvalue weighted by Crippen LogP contribution is 2.15. The molecule has 4 nitrogen and oxygen atoms in total. The maximum Gasteiger partial charge on any atom is 0.316 e. The number of nitrogens with one attached hydrogen (secondary N) is 1. The Morgan fingerprint density at radius 2 is 1.86 bits per heavy atom. The number of hydrogen-bond donors (Lipinski definition) is 1. The highest BCUT2D eigenvalue weighted by molar-refractivity contribution is 5.14. The van der Waals surface area contributed by atoms with Gasteiger partial charge in [0, 0.05) is 18.4 Å². The first-order chi connectivity index (χ1) is 6.70. The molecule has 2 rings (SSSR count). The highest BCUT2D eigenvalue weighted by Gasteiger charge is 2.13. The van der Waals surface area contributed by atoms with Gasteiger partial charge in [0.15, 0.2) is 0 Å². The van der Waals surface area contributed by atoms with Gasteiger partial charge >= 0.3 is 11.1 Å². The summed E-state index contributed by atoms with van der Waals surface area (Å²) in [6, 6.07) is 0. The summed E-state index contributed by atoms with van der Waals surface area (Å²) < 4.78 is 1.50. The highest BCUT2D eigenvalue weighted by atomic mass is 16.2. The van der Waals surface area contributed by atoms with Crippen molar-refractivity contribution in [2.24, 2.45) is 7.05 Å². The molecule has 0 saturated carbocycles. The number of aryl methyl sites for hydroxylation is 1. The monoisotopic (exact) mass is 194 g/mol. The molecule has 1 aliphatic rings. The van der Waals surface area contributed by atoms with Crippen molar-refractivity contribution in [2.75, 3.05) is 0 Å². The van der Waals surface area contributed by atoms with E-state index in [1.807, 2.05) is 0 Å². The predicted octanol–water partition coefficient (Wildman–Crippen LogP) is 0.342. The summed E-state index contributed by atoms with van der Waals surface area (Å²) in [7, 11) is 1.68. The van der Waals surface area contributed by atoms with Gasteiger partial charge in [0.05, 0.1) is 0 Å². The molecule has 0 fully saturated rings. The van der Waals surface area contributed by atoms with Crippen LogP contribution in [0.15, 0.2) is 9.59 Å². The maximum absolute atomic E-state index is 11.4. The maximum atomic E-state index is 11.4. The fourth-order valence-electron chi connectivity index (χ4n) is 2.04. The van der Waals surface area contributed by atoms with E-state index < -0.39 is 11.1 Å². The van der Waals surface area contributed by atoms with E-state index in [1.54, 1.807) is 7.05 Å². The summed E-state index contributed by atoms with van der Waals surface area (Å²) >= 11 is 0. The number of aromatic nitrogens is 2. The van der Waals surface area contributed by atoms with Crippen molar-refractivity contribution in [2.45, 2.75) is 32.1 Å². The van der Waals surface area contributed by atoms with Gasteiger partial charge in [-0.15, -0.1) is 0 Å². The van der Waals surface area contributed by atoms with Crippen LogP contribution in [0, 0.1) is 0 Å². The number of aromatic amines is 1. The van der Waals surface area contributed by atoms with Crippen molar-refractivity contribution in [3.63, 3.8) is 0 Å². The number of rotatable bonds is 0. The van der Waals surface area contributed by atoms with E-state index in [-0.39, 0.29) is 0 Å². The van der Waals surface area contributed by atoms with Crippen LogP contribution in [0.25, 0.3) is 0 Å². The van der Waals surface area contributed by atoms with Crippen LogP contribution in [0.5, 0.6) is 0 Å². The molecule has 0 amide bonds. The van der Waals surface area contributed by atoms with Crippen molar-refractivity contribution >= 4 is 0 Å². The summed E-state index contributed by atoms with van der Waals surface area (Å²) in [4.78, 5) is 25.3. The molecule has 0 atom stereocenters. The molecule has 0 bridgehead atoms. The third-order valence-corrected chi connectivity index (χ3v) is 2.86. The van der Waals surface area contributed by atoms with Crippen LogP contribution in [-0.2, 0) is 19.9 Å². The topological polar surface area (TPSA) is 54.9 Å². The summed E-state index contributed by atoms with van der Waals surface area (Å²) in [5.41, 5.74) is 1.03. The third-order valence-electron chi connectivity index (χ3n) is 2.86. The van der Waals surface area contributed by atoms with Gasteiger partial charge in [-0.25, -0.2) is 0 Å². The smallest absolute Gasteiger partial charge is 0.316 e. The lowest BCUT2D eigenvalue weighted by atomic mass is 10.2. The molecule has 1 heterocycles. The number of hydrogen-bond acceptors (Lipinski definition) is 2. The van der Waals surface area contributed by atoms with Gasteiger partial charge < -0.3 is 9.55 Å². The Morgan fingerprint density at radius 3 is 2.64 bits per heavy atom. The van der Waals surface area contributed by atoms with Crippen LogP contribution in [0.3, 0.4) is 0 Å². The molecular weight excluding hydrogens is 180 g/mol. The molecule has 0 unspecified atom stereocenters. The van der Waals surface area contributed by atoms with Crippen molar-refractivity contribution in [1.29, 1.82) is 0 Å². The number of nitrogens with zero attached hydrogens (tertiary/aromatic N) is 1. The van der Waals surface area contributed by atoms with Crippen molar-refractivity contribution in [3.8, 4) is 0 Å². The van der Waals surface area contributed by atoms with E-state index in [1.165, 1.54) is 11.0 Å². The lowest BCUT2D eigenvalue weighted by molar-refractivity contribution is 0.689. The number of fused-ring (bicyclic) bond motifs is 1. The molecule has 1 aromatic rings. The van der Waals surface area contributed by atoms with Gasteiger partial charge in [-0.1, -0.05) is 6.42 Å². The zero-order chi connectivity index (χ0) is 10.1. The Kier molecular flexibility index (Phi) is 2.27. The molecule has 4 heteroatoms. The van der Waals surface area contributed by atoms with Crippen LogP contribution in [0.2, 0.25) is 0 Å². The van der Waals surface area contributed by atoms with Gasteiger partial charge in [0.1, 0.15) is 0 Å². The van der Waals surface area contributed by atoms with Gasteiger partial charge in [-0.2, -0.15) is 0 Å². The summed E-state index contributed by atoms with van der Waals surface area (Å²) in [5, 5.41) is 0.